The SMILES string of the molecule is COc1cccc(C2NC(=S)N(CCCOC(C)C)C(C)=C2c2nc(-c3cccs3)no2)c1. The lowest BCUT2D eigenvalue weighted by molar-refractivity contribution is 0.0749. The molecule has 1 aromatic carbocycles. The number of aromatic nitrogens is 2. The van der Waals surface area contributed by atoms with Crippen LogP contribution in [0.2, 0.25) is 0 Å². The second-order valence-corrected chi connectivity index (χ2v) is 9.32. The van der Waals surface area contributed by atoms with Crippen LogP contribution in [0.15, 0.2) is 52.0 Å². The van der Waals surface area contributed by atoms with Crippen molar-refractivity contribution in [2.45, 2.75) is 39.3 Å². The average molecular weight is 485 g/mol. The van der Waals surface area contributed by atoms with Crippen LogP contribution >= 0.6 is 23.6 Å². The molecule has 0 spiro atoms. The van der Waals surface area contributed by atoms with Crippen molar-refractivity contribution in [1.82, 2.24) is 20.4 Å². The summed E-state index contributed by atoms with van der Waals surface area (Å²) in [6, 6.07) is 11.6. The first-order chi connectivity index (χ1) is 16.0. The topological polar surface area (TPSA) is 72.7 Å². The van der Waals surface area contributed by atoms with Gasteiger partial charge < -0.3 is 24.2 Å². The van der Waals surface area contributed by atoms with E-state index in [9.17, 15) is 0 Å². The standard InChI is InChI=1S/C24H28N4O3S2/c1-15(2)30-12-7-11-28-16(3)20(23-26-22(27-31-23)19-10-6-13-33-19)21(25-24(28)32)17-8-5-9-18(14-17)29-4/h5-6,8-10,13-15,21H,7,11-12H2,1-4H3,(H,25,32). The number of nitrogens with one attached hydrogen (secondary N) is 1. The minimum atomic E-state index is -0.243. The second-order valence-electron chi connectivity index (χ2n) is 7.98. The summed E-state index contributed by atoms with van der Waals surface area (Å²) in [6.07, 6.45) is 1.05. The minimum absolute atomic E-state index is 0.204. The molecule has 1 aliphatic heterocycles. The third-order valence-electron chi connectivity index (χ3n) is 5.40. The molecule has 0 fully saturated rings. The maximum atomic E-state index is 5.77. The molecule has 1 N–H and O–H groups in total. The summed E-state index contributed by atoms with van der Waals surface area (Å²) in [4.78, 5) is 7.78. The van der Waals surface area contributed by atoms with Crippen LogP contribution in [0.25, 0.3) is 16.3 Å². The van der Waals surface area contributed by atoms with Crippen molar-refractivity contribution in [1.29, 1.82) is 0 Å². The quantitative estimate of drug-likeness (QED) is 0.325. The summed E-state index contributed by atoms with van der Waals surface area (Å²) in [5.41, 5.74) is 2.89. The Hall–Kier alpha value is -2.75. The summed E-state index contributed by atoms with van der Waals surface area (Å²) in [6.45, 7) is 7.52. The number of ether oxygens (including phenoxy) is 2. The second kappa shape index (κ2) is 10.5. The Morgan fingerprint density at radius 2 is 2.12 bits per heavy atom. The molecule has 0 saturated carbocycles. The first kappa shape index (κ1) is 23.4. The molecular formula is C24H28N4O3S2. The lowest BCUT2D eigenvalue weighted by Crippen LogP contribution is -2.46. The van der Waals surface area contributed by atoms with Gasteiger partial charge in [-0.2, -0.15) is 4.98 Å². The fourth-order valence-corrected chi connectivity index (χ4v) is 4.77. The van der Waals surface area contributed by atoms with Gasteiger partial charge in [0.15, 0.2) is 5.11 Å². The minimum Gasteiger partial charge on any atom is -0.497 e. The Bertz CT molecular complexity index is 1120. The van der Waals surface area contributed by atoms with E-state index in [-0.39, 0.29) is 12.1 Å². The lowest BCUT2D eigenvalue weighted by atomic mass is 9.94. The molecule has 1 atom stereocenters. The largest absolute Gasteiger partial charge is 0.497 e. The maximum absolute atomic E-state index is 5.77. The highest BCUT2D eigenvalue weighted by Gasteiger charge is 2.34. The zero-order valence-electron chi connectivity index (χ0n) is 19.2. The third kappa shape index (κ3) is 5.26. The monoisotopic (exact) mass is 484 g/mol. The summed E-state index contributed by atoms with van der Waals surface area (Å²) >= 11 is 7.34. The predicted octanol–water partition coefficient (Wildman–Crippen LogP) is 5.28. The Morgan fingerprint density at radius 1 is 1.27 bits per heavy atom. The van der Waals surface area contributed by atoms with Gasteiger partial charge in [0.1, 0.15) is 5.75 Å². The fraction of sp³-hybridized carbons (Fsp3) is 0.375. The van der Waals surface area contributed by atoms with Crippen molar-refractivity contribution in [3.05, 3.63) is 58.9 Å². The van der Waals surface area contributed by atoms with Crippen molar-refractivity contribution >= 4 is 34.2 Å². The third-order valence-corrected chi connectivity index (χ3v) is 6.60. The van der Waals surface area contributed by atoms with E-state index in [1.165, 1.54) is 0 Å². The molecular weight excluding hydrogens is 456 g/mol. The van der Waals surface area contributed by atoms with Gasteiger partial charge in [-0.3, -0.25) is 0 Å². The zero-order valence-corrected chi connectivity index (χ0v) is 20.8. The molecule has 0 aliphatic carbocycles. The number of hydrogen-bond donors (Lipinski definition) is 1. The van der Waals surface area contributed by atoms with Crippen molar-refractivity contribution in [2.24, 2.45) is 0 Å². The van der Waals surface area contributed by atoms with Gasteiger partial charge in [-0.05, 0) is 68.6 Å². The van der Waals surface area contributed by atoms with E-state index in [2.05, 4.69) is 15.4 Å². The van der Waals surface area contributed by atoms with Gasteiger partial charge in [-0.1, -0.05) is 23.4 Å². The molecule has 0 radical (unpaired) electrons. The highest BCUT2D eigenvalue weighted by atomic mass is 32.1. The van der Waals surface area contributed by atoms with E-state index in [1.54, 1.807) is 18.4 Å². The van der Waals surface area contributed by atoms with E-state index >= 15 is 0 Å². The fourth-order valence-electron chi connectivity index (χ4n) is 3.78. The van der Waals surface area contributed by atoms with Crippen LogP contribution in [0.4, 0.5) is 0 Å². The van der Waals surface area contributed by atoms with Crippen LogP contribution in [0.3, 0.4) is 0 Å². The van der Waals surface area contributed by atoms with E-state index in [0.29, 0.717) is 23.4 Å². The molecule has 0 amide bonds. The van der Waals surface area contributed by atoms with Crippen LogP contribution in [-0.4, -0.2) is 46.5 Å². The Morgan fingerprint density at radius 3 is 2.85 bits per heavy atom. The van der Waals surface area contributed by atoms with E-state index < -0.39 is 0 Å². The number of methoxy groups -OCH3 is 1. The molecule has 7 nitrogen and oxygen atoms in total. The number of thiophene rings is 1. The first-order valence-electron chi connectivity index (χ1n) is 10.9. The van der Waals surface area contributed by atoms with Crippen LogP contribution < -0.4 is 10.1 Å². The highest BCUT2D eigenvalue weighted by Crippen LogP contribution is 2.38. The van der Waals surface area contributed by atoms with Gasteiger partial charge >= 0.3 is 0 Å². The molecule has 3 heterocycles. The van der Waals surface area contributed by atoms with Crippen LogP contribution in [-0.2, 0) is 4.74 Å². The number of benzene rings is 1. The van der Waals surface area contributed by atoms with Crippen molar-refractivity contribution in [2.75, 3.05) is 20.3 Å². The smallest absolute Gasteiger partial charge is 0.258 e. The van der Waals surface area contributed by atoms with E-state index in [1.807, 2.05) is 62.5 Å². The Balaban J connectivity index is 1.71. The zero-order chi connectivity index (χ0) is 23.4. The molecule has 1 aliphatic rings. The van der Waals surface area contributed by atoms with Gasteiger partial charge in [0.05, 0.1) is 29.7 Å². The normalized spacial score (nSPS) is 16.5. The van der Waals surface area contributed by atoms with Crippen molar-refractivity contribution < 1.29 is 14.0 Å². The van der Waals surface area contributed by atoms with Gasteiger partial charge in [-0.25, -0.2) is 0 Å². The molecule has 174 valence electrons. The predicted molar refractivity (Wildman–Crippen MR) is 134 cm³/mol. The number of hydrogen-bond acceptors (Lipinski definition) is 7. The number of nitrogens with zero attached hydrogens (tertiary/aromatic N) is 3. The number of rotatable bonds is 9. The molecule has 1 unspecified atom stereocenters. The number of allylic oxidation sites excluding steroid dienone is 1. The van der Waals surface area contributed by atoms with Crippen LogP contribution in [0.1, 0.15) is 44.7 Å². The average Bonchev–Trinajstić information content (AvgIpc) is 3.50. The summed E-state index contributed by atoms with van der Waals surface area (Å²) in [5.74, 6) is 1.83. The van der Waals surface area contributed by atoms with Gasteiger partial charge in [0.25, 0.3) is 5.89 Å². The summed E-state index contributed by atoms with van der Waals surface area (Å²) in [5, 5.41) is 10.4. The van der Waals surface area contributed by atoms with Crippen molar-refractivity contribution in [3.8, 4) is 16.5 Å². The lowest BCUT2D eigenvalue weighted by Gasteiger charge is -2.37. The van der Waals surface area contributed by atoms with Gasteiger partial charge in [-0.15, -0.1) is 11.3 Å². The van der Waals surface area contributed by atoms with Crippen LogP contribution in [0.5, 0.6) is 5.75 Å². The maximum Gasteiger partial charge on any atom is 0.258 e. The Kier molecular flexibility index (Phi) is 7.42. The molecule has 2 aromatic heterocycles. The first-order valence-corrected chi connectivity index (χ1v) is 12.2. The van der Waals surface area contributed by atoms with Crippen molar-refractivity contribution in [3.63, 3.8) is 0 Å². The molecule has 3 aromatic rings. The number of thiocarbonyl (C=S) groups is 1. The molecule has 0 bridgehead atoms. The highest BCUT2D eigenvalue weighted by molar-refractivity contribution is 7.80. The summed E-state index contributed by atoms with van der Waals surface area (Å²) < 4.78 is 16.9. The molecule has 0 saturated heterocycles. The molecule has 9 heteroatoms. The Labute approximate surface area is 203 Å². The van der Waals surface area contributed by atoms with E-state index in [4.69, 9.17) is 31.2 Å². The van der Waals surface area contributed by atoms with Gasteiger partial charge in [0.2, 0.25) is 5.82 Å². The molecule has 4 rings (SSSR count). The summed E-state index contributed by atoms with van der Waals surface area (Å²) in [7, 11) is 1.66. The van der Waals surface area contributed by atoms with Gasteiger partial charge in [0, 0.05) is 18.8 Å². The molecule has 33 heavy (non-hydrogen) atoms. The van der Waals surface area contributed by atoms with Crippen LogP contribution in [0, 0.1) is 0 Å². The van der Waals surface area contributed by atoms with E-state index in [0.717, 1.165) is 40.4 Å².